The Morgan fingerprint density at radius 1 is 1.40 bits per heavy atom. The molecule has 0 saturated heterocycles. The maximum Gasteiger partial charge on any atom is 0.337 e. The SMILES string of the molecule is CCCC(Nc1cccc(C(=O)O)c1N)c1cccs1. The van der Waals surface area contributed by atoms with Gasteiger partial charge in [0.2, 0.25) is 0 Å². The van der Waals surface area contributed by atoms with Gasteiger partial charge in [-0.15, -0.1) is 11.3 Å². The zero-order chi connectivity index (χ0) is 14.5. The molecule has 1 aromatic carbocycles. The Hall–Kier alpha value is -2.01. The molecule has 1 atom stereocenters. The van der Waals surface area contributed by atoms with E-state index in [1.165, 1.54) is 10.9 Å². The Balaban J connectivity index is 2.27. The topological polar surface area (TPSA) is 75.3 Å². The van der Waals surface area contributed by atoms with Gasteiger partial charge in [-0.2, -0.15) is 0 Å². The summed E-state index contributed by atoms with van der Waals surface area (Å²) >= 11 is 1.69. The fourth-order valence-corrected chi connectivity index (χ4v) is 2.94. The largest absolute Gasteiger partial charge is 0.478 e. The molecular weight excluding hydrogens is 272 g/mol. The summed E-state index contributed by atoms with van der Waals surface area (Å²) in [4.78, 5) is 12.3. The summed E-state index contributed by atoms with van der Waals surface area (Å²) in [6, 6.07) is 9.29. The average molecular weight is 290 g/mol. The van der Waals surface area contributed by atoms with E-state index >= 15 is 0 Å². The molecule has 0 aliphatic rings. The molecule has 106 valence electrons. The number of hydrogen-bond acceptors (Lipinski definition) is 4. The van der Waals surface area contributed by atoms with Crippen molar-refractivity contribution in [1.29, 1.82) is 0 Å². The van der Waals surface area contributed by atoms with Crippen LogP contribution in [0.25, 0.3) is 0 Å². The molecular formula is C15H18N2O2S. The van der Waals surface area contributed by atoms with Gasteiger partial charge in [0.1, 0.15) is 0 Å². The Labute approximate surface area is 122 Å². The van der Waals surface area contributed by atoms with Gasteiger partial charge in [-0.1, -0.05) is 25.5 Å². The van der Waals surface area contributed by atoms with Crippen LogP contribution in [0.4, 0.5) is 11.4 Å². The van der Waals surface area contributed by atoms with Crippen molar-refractivity contribution in [1.82, 2.24) is 0 Å². The minimum Gasteiger partial charge on any atom is -0.478 e. The second kappa shape index (κ2) is 6.43. The average Bonchev–Trinajstić information content (AvgIpc) is 2.94. The van der Waals surface area contributed by atoms with Crippen LogP contribution in [-0.2, 0) is 0 Å². The molecule has 0 amide bonds. The minimum absolute atomic E-state index is 0.136. The highest BCUT2D eigenvalue weighted by Crippen LogP contribution is 2.31. The highest BCUT2D eigenvalue weighted by atomic mass is 32.1. The van der Waals surface area contributed by atoms with Crippen molar-refractivity contribution in [2.45, 2.75) is 25.8 Å². The van der Waals surface area contributed by atoms with Crippen LogP contribution < -0.4 is 11.1 Å². The summed E-state index contributed by atoms with van der Waals surface area (Å²) < 4.78 is 0. The summed E-state index contributed by atoms with van der Waals surface area (Å²) in [6.07, 6.45) is 2.01. The number of aromatic carboxylic acids is 1. The summed E-state index contributed by atoms with van der Waals surface area (Å²) in [7, 11) is 0. The monoisotopic (exact) mass is 290 g/mol. The predicted octanol–water partition coefficient (Wildman–Crippen LogP) is 3.98. The molecule has 2 aromatic rings. The molecule has 0 aliphatic carbocycles. The first kappa shape index (κ1) is 14.4. The number of thiophene rings is 1. The normalized spacial score (nSPS) is 12.1. The maximum atomic E-state index is 11.1. The van der Waals surface area contributed by atoms with E-state index in [2.05, 4.69) is 18.3 Å². The number of para-hydroxylation sites is 1. The molecule has 20 heavy (non-hydrogen) atoms. The highest BCUT2D eigenvalue weighted by molar-refractivity contribution is 7.10. The van der Waals surface area contributed by atoms with Crippen molar-refractivity contribution >= 4 is 28.7 Å². The third-order valence-corrected chi connectivity index (χ3v) is 4.12. The molecule has 4 N–H and O–H groups in total. The van der Waals surface area contributed by atoms with Gasteiger partial charge in [0.15, 0.2) is 0 Å². The van der Waals surface area contributed by atoms with Gasteiger partial charge >= 0.3 is 5.97 Å². The van der Waals surface area contributed by atoms with Gasteiger partial charge in [0.05, 0.1) is 23.0 Å². The van der Waals surface area contributed by atoms with E-state index in [1.54, 1.807) is 17.4 Å². The first-order chi connectivity index (χ1) is 9.63. The Kier molecular flexibility index (Phi) is 4.63. The van der Waals surface area contributed by atoms with Gasteiger partial charge in [0, 0.05) is 4.88 Å². The molecule has 1 aromatic heterocycles. The third-order valence-electron chi connectivity index (χ3n) is 3.13. The number of benzene rings is 1. The first-order valence-corrected chi connectivity index (χ1v) is 7.43. The number of carboxylic acids is 1. The van der Waals surface area contributed by atoms with Crippen molar-refractivity contribution in [3.8, 4) is 0 Å². The first-order valence-electron chi connectivity index (χ1n) is 6.55. The molecule has 1 heterocycles. The number of carbonyl (C=O) groups is 1. The van der Waals surface area contributed by atoms with E-state index in [1.807, 2.05) is 17.5 Å². The molecule has 0 fully saturated rings. The fourth-order valence-electron chi connectivity index (χ4n) is 2.13. The van der Waals surface area contributed by atoms with Crippen molar-refractivity contribution in [3.05, 3.63) is 46.2 Å². The quantitative estimate of drug-likeness (QED) is 0.703. The van der Waals surface area contributed by atoms with Crippen molar-refractivity contribution in [2.24, 2.45) is 0 Å². The van der Waals surface area contributed by atoms with Crippen LogP contribution in [0.5, 0.6) is 0 Å². The molecule has 0 aliphatic heterocycles. The van der Waals surface area contributed by atoms with Crippen LogP contribution in [-0.4, -0.2) is 11.1 Å². The van der Waals surface area contributed by atoms with Crippen LogP contribution >= 0.6 is 11.3 Å². The van der Waals surface area contributed by atoms with E-state index in [9.17, 15) is 4.79 Å². The van der Waals surface area contributed by atoms with E-state index in [0.29, 0.717) is 5.69 Å². The highest BCUT2D eigenvalue weighted by Gasteiger charge is 2.16. The summed E-state index contributed by atoms with van der Waals surface area (Å²) in [5.41, 5.74) is 7.04. The van der Waals surface area contributed by atoms with E-state index in [0.717, 1.165) is 12.8 Å². The second-order valence-corrected chi connectivity index (χ2v) is 5.55. The number of carboxylic acid groups (broad SMARTS) is 1. The van der Waals surface area contributed by atoms with Crippen LogP contribution in [0, 0.1) is 0 Å². The smallest absolute Gasteiger partial charge is 0.337 e. The van der Waals surface area contributed by atoms with Crippen LogP contribution in [0.15, 0.2) is 35.7 Å². The lowest BCUT2D eigenvalue weighted by atomic mass is 10.1. The Morgan fingerprint density at radius 2 is 2.20 bits per heavy atom. The lowest BCUT2D eigenvalue weighted by Gasteiger charge is -2.20. The zero-order valence-electron chi connectivity index (χ0n) is 11.3. The number of rotatable bonds is 6. The zero-order valence-corrected chi connectivity index (χ0v) is 12.1. The van der Waals surface area contributed by atoms with E-state index in [4.69, 9.17) is 10.8 Å². The maximum absolute atomic E-state index is 11.1. The van der Waals surface area contributed by atoms with Gasteiger partial charge in [-0.25, -0.2) is 4.79 Å². The molecule has 4 nitrogen and oxygen atoms in total. The van der Waals surface area contributed by atoms with Gasteiger partial charge < -0.3 is 16.2 Å². The Morgan fingerprint density at radius 3 is 2.80 bits per heavy atom. The van der Waals surface area contributed by atoms with Gasteiger partial charge in [-0.3, -0.25) is 0 Å². The molecule has 0 spiro atoms. The molecule has 5 heteroatoms. The van der Waals surface area contributed by atoms with Gasteiger partial charge in [0.25, 0.3) is 0 Å². The third kappa shape index (κ3) is 3.11. The number of anilines is 2. The number of nitrogens with one attached hydrogen (secondary N) is 1. The predicted molar refractivity (Wildman–Crippen MR) is 83.4 cm³/mol. The second-order valence-electron chi connectivity index (χ2n) is 4.57. The minimum atomic E-state index is -1.01. The lowest BCUT2D eigenvalue weighted by Crippen LogP contribution is -2.12. The molecule has 0 saturated carbocycles. The lowest BCUT2D eigenvalue weighted by molar-refractivity contribution is 0.0698. The van der Waals surface area contributed by atoms with Crippen molar-refractivity contribution in [2.75, 3.05) is 11.1 Å². The molecule has 0 radical (unpaired) electrons. The number of hydrogen-bond donors (Lipinski definition) is 3. The molecule has 0 bridgehead atoms. The summed E-state index contributed by atoms with van der Waals surface area (Å²) in [5, 5.41) is 14.5. The van der Waals surface area contributed by atoms with Crippen molar-refractivity contribution < 1.29 is 9.90 Å². The molecule has 1 unspecified atom stereocenters. The van der Waals surface area contributed by atoms with E-state index < -0.39 is 5.97 Å². The summed E-state index contributed by atoms with van der Waals surface area (Å²) in [5.74, 6) is -1.01. The van der Waals surface area contributed by atoms with Crippen LogP contribution in [0.2, 0.25) is 0 Å². The fraction of sp³-hybridized carbons (Fsp3) is 0.267. The number of nitrogens with two attached hydrogens (primary N) is 1. The standard InChI is InChI=1S/C15H18N2O2S/c1-2-5-11(13-8-4-9-20-13)17-12-7-3-6-10(14(12)16)15(18)19/h3-4,6-9,11,17H,2,5,16H2,1H3,(H,18,19). The molecule has 2 rings (SSSR count). The van der Waals surface area contributed by atoms with Crippen molar-refractivity contribution in [3.63, 3.8) is 0 Å². The van der Waals surface area contributed by atoms with E-state index in [-0.39, 0.29) is 17.3 Å². The summed E-state index contributed by atoms with van der Waals surface area (Å²) in [6.45, 7) is 2.12. The Bertz CT molecular complexity index is 582. The van der Waals surface area contributed by atoms with Gasteiger partial charge in [-0.05, 0) is 30.0 Å². The van der Waals surface area contributed by atoms with Crippen LogP contribution in [0.3, 0.4) is 0 Å². The van der Waals surface area contributed by atoms with Crippen LogP contribution in [0.1, 0.15) is 41.0 Å². The number of nitrogen functional groups attached to an aromatic ring is 1.